The molecule has 1 saturated heterocycles. The maximum Gasteiger partial charge on any atom is 0.331 e. The molecule has 27 heavy (non-hydrogen) atoms. The molecule has 8 heteroatoms. The molecular formula is C19H14BrFN2O4. The third-order valence-corrected chi connectivity index (χ3v) is 4.38. The SMILES string of the molecule is CN1C(=O)NC(=O)/C(=C\c2cc(Br)ccc2OCc2ccc(F)cc2)C1=O. The van der Waals surface area contributed by atoms with Crippen molar-refractivity contribution in [2.75, 3.05) is 7.05 Å². The molecule has 1 aliphatic rings. The van der Waals surface area contributed by atoms with E-state index < -0.39 is 17.8 Å². The number of nitrogens with zero attached hydrogens (tertiary/aromatic N) is 1. The second-order valence-corrected chi connectivity index (χ2v) is 6.69. The Kier molecular flexibility index (Phi) is 5.36. The largest absolute Gasteiger partial charge is 0.488 e. The van der Waals surface area contributed by atoms with Crippen molar-refractivity contribution in [2.24, 2.45) is 0 Å². The molecule has 0 saturated carbocycles. The Hall–Kier alpha value is -3.00. The van der Waals surface area contributed by atoms with Crippen LogP contribution >= 0.6 is 15.9 Å². The van der Waals surface area contributed by atoms with Gasteiger partial charge in [0.05, 0.1) is 0 Å². The maximum absolute atomic E-state index is 13.0. The van der Waals surface area contributed by atoms with E-state index >= 15 is 0 Å². The van der Waals surface area contributed by atoms with Crippen LogP contribution in [0.2, 0.25) is 0 Å². The van der Waals surface area contributed by atoms with Crippen LogP contribution in [0.4, 0.5) is 9.18 Å². The van der Waals surface area contributed by atoms with Gasteiger partial charge in [-0.15, -0.1) is 0 Å². The van der Waals surface area contributed by atoms with Gasteiger partial charge >= 0.3 is 6.03 Å². The fraction of sp³-hybridized carbons (Fsp3) is 0.105. The lowest BCUT2D eigenvalue weighted by molar-refractivity contribution is -0.129. The molecule has 1 heterocycles. The van der Waals surface area contributed by atoms with Gasteiger partial charge in [0, 0.05) is 17.1 Å². The Bertz CT molecular complexity index is 957. The number of carbonyl (C=O) groups is 3. The molecule has 0 unspecified atom stereocenters. The molecular weight excluding hydrogens is 419 g/mol. The predicted molar refractivity (Wildman–Crippen MR) is 99.2 cm³/mol. The van der Waals surface area contributed by atoms with Crippen LogP contribution in [0, 0.1) is 5.82 Å². The zero-order chi connectivity index (χ0) is 19.6. The first kappa shape index (κ1) is 18.8. The molecule has 138 valence electrons. The highest BCUT2D eigenvalue weighted by Gasteiger charge is 2.33. The molecule has 2 aromatic rings. The molecule has 1 aliphatic heterocycles. The summed E-state index contributed by atoms with van der Waals surface area (Å²) in [6.45, 7) is 0.177. The molecule has 0 atom stereocenters. The number of carbonyl (C=O) groups excluding carboxylic acids is 3. The summed E-state index contributed by atoms with van der Waals surface area (Å²) in [5, 5.41) is 2.10. The number of imide groups is 2. The van der Waals surface area contributed by atoms with Gasteiger partial charge in [-0.25, -0.2) is 9.18 Å². The van der Waals surface area contributed by atoms with Crippen molar-refractivity contribution >= 4 is 39.9 Å². The number of urea groups is 1. The molecule has 0 aromatic heterocycles. The van der Waals surface area contributed by atoms with E-state index in [0.717, 1.165) is 14.9 Å². The van der Waals surface area contributed by atoms with Crippen LogP contribution in [0.25, 0.3) is 6.08 Å². The average Bonchev–Trinajstić information content (AvgIpc) is 2.64. The normalized spacial score (nSPS) is 15.9. The van der Waals surface area contributed by atoms with Crippen LogP contribution in [-0.2, 0) is 16.2 Å². The highest BCUT2D eigenvalue weighted by molar-refractivity contribution is 9.10. The third kappa shape index (κ3) is 4.22. The molecule has 0 spiro atoms. The van der Waals surface area contributed by atoms with Gasteiger partial charge in [-0.05, 0) is 42.0 Å². The summed E-state index contributed by atoms with van der Waals surface area (Å²) in [6.07, 6.45) is 1.37. The zero-order valence-electron chi connectivity index (χ0n) is 14.2. The van der Waals surface area contributed by atoms with E-state index in [9.17, 15) is 18.8 Å². The standard InChI is InChI=1S/C19H14BrFN2O4/c1-23-18(25)15(17(24)22-19(23)26)9-12-8-13(20)4-7-16(12)27-10-11-2-5-14(21)6-3-11/h2-9H,10H2,1H3,(H,22,24,26)/b15-9+. The van der Waals surface area contributed by atoms with Gasteiger partial charge in [-0.1, -0.05) is 28.1 Å². The smallest absolute Gasteiger partial charge is 0.331 e. The van der Waals surface area contributed by atoms with Crippen molar-refractivity contribution in [3.05, 3.63) is 69.5 Å². The molecule has 0 aliphatic carbocycles. The summed E-state index contributed by atoms with van der Waals surface area (Å²) in [5.74, 6) is -1.38. The van der Waals surface area contributed by atoms with Gasteiger partial charge in [0.2, 0.25) is 0 Å². The van der Waals surface area contributed by atoms with Gasteiger partial charge in [0.1, 0.15) is 23.7 Å². The number of halogens is 2. The number of ether oxygens (including phenoxy) is 1. The Morgan fingerprint density at radius 3 is 2.56 bits per heavy atom. The topological polar surface area (TPSA) is 75.7 Å². The molecule has 6 nitrogen and oxygen atoms in total. The number of nitrogens with one attached hydrogen (secondary N) is 1. The Morgan fingerprint density at radius 2 is 1.85 bits per heavy atom. The van der Waals surface area contributed by atoms with Crippen LogP contribution in [0.5, 0.6) is 5.75 Å². The number of benzene rings is 2. The lowest BCUT2D eigenvalue weighted by Crippen LogP contribution is -2.52. The minimum absolute atomic E-state index is 0.177. The van der Waals surface area contributed by atoms with Gasteiger partial charge in [0.25, 0.3) is 11.8 Å². The Labute approximate surface area is 162 Å². The first-order chi connectivity index (χ1) is 12.8. The summed E-state index contributed by atoms with van der Waals surface area (Å²) in [7, 11) is 1.28. The highest BCUT2D eigenvalue weighted by Crippen LogP contribution is 2.27. The van der Waals surface area contributed by atoms with Crippen molar-refractivity contribution in [3.8, 4) is 5.75 Å². The molecule has 2 aromatic carbocycles. The molecule has 0 radical (unpaired) electrons. The van der Waals surface area contributed by atoms with Crippen molar-refractivity contribution in [3.63, 3.8) is 0 Å². The van der Waals surface area contributed by atoms with Crippen molar-refractivity contribution in [2.45, 2.75) is 6.61 Å². The second-order valence-electron chi connectivity index (χ2n) is 5.78. The van der Waals surface area contributed by atoms with E-state index in [1.54, 1.807) is 30.3 Å². The minimum atomic E-state index is -0.774. The van der Waals surface area contributed by atoms with E-state index in [4.69, 9.17) is 4.74 Å². The highest BCUT2D eigenvalue weighted by atomic mass is 79.9. The average molecular weight is 433 g/mol. The van der Waals surface area contributed by atoms with Crippen LogP contribution in [0.15, 0.2) is 52.5 Å². The molecule has 1 fully saturated rings. The Balaban J connectivity index is 1.89. The Morgan fingerprint density at radius 1 is 1.15 bits per heavy atom. The summed E-state index contributed by atoms with van der Waals surface area (Å²) in [5.41, 5.74) is 1.06. The summed E-state index contributed by atoms with van der Waals surface area (Å²) < 4.78 is 19.5. The lowest BCUT2D eigenvalue weighted by Gasteiger charge is -2.22. The fourth-order valence-corrected chi connectivity index (χ4v) is 2.79. The number of amides is 4. The number of hydrogen-bond acceptors (Lipinski definition) is 4. The maximum atomic E-state index is 13.0. The number of rotatable bonds is 4. The van der Waals surface area contributed by atoms with Gasteiger partial charge in [-0.3, -0.25) is 19.8 Å². The van der Waals surface area contributed by atoms with Crippen LogP contribution in [0.1, 0.15) is 11.1 Å². The summed E-state index contributed by atoms with van der Waals surface area (Å²) in [4.78, 5) is 36.6. The summed E-state index contributed by atoms with van der Waals surface area (Å²) >= 11 is 3.34. The van der Waals surface area contributed by atoms with E-state index in [2.05, 4.69) is 21.2 Å². The van der Waals surface area contributed by atoms with Gasteiger partial charge in [-0.2, -0.15) is 0 Å². The zero-order valence-corrected chi connectivity index (χ0v) is 15.7. The quantitative estimate of drug-likeness (QED) is 0.594. The van der Waals surface area contributed by atoms with E-state index in [1.165, 1.54) is 25.3 Å². The predicted octanol–water partition coefficient (Wildman–Crippen LogP) is 3.26. The molecule has 4 amide bonds. The molecule has 1 N–H and O–H groups in total. The fourth-order valence-electron chi connectivity index (χ4n) is 2.41. The van der Waals surface area contributed by atoms with Gasteiger partial charge in [0.15, 0.2) is 0 Å². The van der Waals surface area contributed by atoms with Crippen LogP contribution in [0.3, 0.4) is 0 Å². The van der Waals surface area contributed by atoms with Crippen LogP contribution < -0.4 is 10.1 Å². The first-order valence-corrected chi connectivity index (χ1v) is 8.66. The van der Waals surface area contributed by atoms with Crippen molar-refractivity contribution in [1.29, 1.82) is 0 Å². The monoisotopic (exact) mass is 432 g/mol. The van der Waals surface area contributed by atoms with Crippen LogP contribution in [-0.4, -0.2) is 29.8 Å². The summed E-state index contributed by atoms with van der Waals surface area (Å²) in [6, 6.07) is 10.2. The van der Waals surface area contributed by atoms with E-state index in [1.807, 2.05) is 0 Å². The van der Waals surface area contributed by atoms with Gasteiger partial charge < -0.3 is 4.74 Å². The van der Waals surface area contributed by atoms with Crippen molar-refractivity contribution in [1.82, 2.24) is 10.2 Å². The van der Waals surface area contributed by atoms with E-state index in [0.29, 0.717) is 11.3 Å². The molecule has 3 rings (SSSR count). The first-order valence-electron chi connectivity index (χ1n) is 7.87. The van der Waals surface area contributed by atoms with E-state index in [-0.39, 0.29) is 18.0 Å². The number of likely N-dealkylation sites (N-methyl/N-ethyl adjacent to an activating group) is 1. The third-order valence-electron chi connectivity index (χ3n) is 3.88. The lowest BCUT2D eigenvalue weighted by atomic mass is 10.1. The molecule has 0 bridgehead atoms. The van der Waals surface area contributed by atoms with Crippen molar-refractivity contribution < 1.29 is 23.5 Å². The minimum Gasteiger partial charge on any atom is -0.488 e. The number of hydrogen-bond donors (Lipinski definition) is 1. The number of barbiturate groups is 1. The second kappa shape index (κ2) is 7.71.